The third kappa shape index (κ3) is 4.38. The number of hydrogen-bond donors (Lipinski definition) is 0. The van der Waals surface area contributed by atoms with E-state index in [0.29, 0.717) is 0 Å². The summed E-state index contributed by atoms with van der Waals surface area (Å²) in [4.78, 5) is 12.4. The van der Waals surface area contributed by atoms with Crippen molar-refractivity contribution in [2.45, 2.75) is 20.3 Å². The number of benzene rings is 2. The Morgan fingerprint density at radius 2 is 1.67 bits per heavy atom. The molecule has 0 aliphatic rings. The molecule has 2 aromatic rings. The van der Waals surface area contributed by atoms with Crippen LogP contribution in [0.5, 0.6) is 0 Å². The highest BCUT2D eigenvalue weighted by molar-refractivity contribution is 7.62. The minimum absolute atomic E-state index is 0.110. The van der Waals surface area contributed by atoms with Crippen molar-refractivity contribution in [3.63, 3.8) is 0 Å². The lowest BCUT2D eigenvalue weighted by molar-refractivity contribution is 0.0993. The molecule has 0 aliphatic heterocycles. The van der Waals surface area contributed by atoms with E-state index >= 15 is 0 Å². The Bertz CT molecular complexity index is 736. The zero-order chi connectivity index (χ0) is 17.6. The van der Waals surface area contributed by atoms with Gasteiger partial charge in [0.1, 0.15) is 11.1 Å². The molecule has 2 rings (SSSR count). The average molecular weight is 350 g/mol. The first-order valence-electron chi connectivity index (χ1n) is 7.76. The van der Waals surface area contributed by atoms with Gasteiger partial charge in [-0.25, -0.2) is 4.39 Å². The van der Waals surface area contributed by atoms with Gasteiger partial charge in [0.15, 0.2) is 5.78 Å². The Kier molecular flexibility index (Phi) is 6.44. The molecule has 0 spiro atoms. The standard InChI is InChI=1S/C18H20FO4P/c1-3-22-24(21,23-4-2)18-13-15(10-11-16(18)19)17(20)12-14-8-6-5-7-9-14/h5-11,13H,3-4,12H2,1-2H3. The summed E-state index contributed by atoms with van der Waals surface area (Å²) in [5, 5.41) is -0.204. The first-order chi connectivity index (χ1) is 11.5. The number of halogens is 1. The minimum atomic E-state index is -3.79. The zero-order valence-electron chi connectivity index (χ0n) is 13.7. The first kappa shape index (κ1) is 18.5. The van der Waals surface area contributed by atoms with Gasteiger partial charge in [-0.3, -0.25) is 9.36 Å². The Morgan fingerprint density at radius 1 is 1.04 bits per heavy atom. The van der Waals surface area contributed by atoms with Crippen LogP contribution in [0.3, 0.4) is 0 Å². The summed E-state index contributed by atoms with van der Waals surface area (Å²) in [6.07, 6.45) is 0.180. The summed E-state index contributed by atoms with van der Waals surface area (Å²) >= 11 is 0. The molecule has 0 unspecified atom stereocenters. The van der Waals surface area contributed by atoms with E-state index in [-0.39, 0.29) is 36.3 Å². The van der Waals surface area contributed by atoms with Crippen LogP contribution in [0.2, 0.25) is 0 Å². The quantitative estimate of drug-likeness (QED) is 0.530. The van der Waals surface area contributed by atoms with Gasteiger partial charge < -0.3 is 9.05 Å². The van der Waals surface area contributed by atoms with Crippen molar-refractivity contribution in [3.05, 3.63) is 65.5 Å². The van der Waals surface area contributed by atoms with Crippen LogP contribution >= 0.6 is 7.60 Å². The zero-order valence-corrected chi connectivity index (χ0v) is 14.6. The van der Waals surface area contributed by atoms with Gasteiger partial charge in [0.25, 0.3) is 0 Å². The molecular formula is C18H20FO4P. The molecule has 0 bridgehead atoms. The second kappa shape index (κ2) is 8.34. The Balaban J connectivity index is 2.33. The molecule has 0 N–H and O–H groups in total. The highest BCUT2D eigenvalue weighted by Crippen LogP contribution is 2.47. The second-order valence-electron chi connectivity index (χ2n) is 5.08. The molecule has 24 heavy (non-hydrogen) atoms. The topological polar surface area (TPSA) is 52.6 Å². The molecule has 0 aliphatic carbocycles. The van der Waals surface area contributed by atoms with Crippen LogP contribution in [0.15, 0.2) is 48.5 Å². The van der Waals surface area contributed by atoms with Gasteiger partial charge in [-0.1, -0.05) is 30.3 Å². The van der Waals surface area contributed by atoms with Crippen LogP contribution in [0.25, 0.3) is 0 Å². The summed E-state index contributed by atoms with van der Waals surface area (Å²) < 4.78 is 37.3. The van der Waals surface area contributed by atoms with E-state index < -0.39 is 13.4 Å². The SMILES string of the molecule is CCOP(=O)(OCC)c1cc(C(=O)Cc2ccccc2)ccc1F. The fourth-order valence-electron chi connectivity index (χ4n) is 2.30. The maximum Gasteiger partial charge on any atom is 0.364 e. The first-order valence-corrected chi connectivity index (χ1v) is 9.30. The van der Waals surface area contributed by atoms with E-state index in [1.54, 1.807) is 13.8 Å². The molecule has 0 atom stereocenters. The molecule has 0 radical (unpaired) electrons. The molecule has 0 heterocycles. The number of hydrogen-bond acceptors (Lipinski definition) is 4. The van der Waals surface area contributed by atoms with Gasteiger partial charge in [0.2, 0.25) is 0 Å². The minimum Gasteiger partial charge on any atom is -0.305 e. The van der Waals surface area contributed by atoms with Crippen LogP contribution in [-0.2, 0) is 20.0 Å². The highest BCUT2D eigenvalue weighted by atomic mass is 31.2. The van der Waals surface area contributed by atoms with Gasteiger partial charge >= 0.3 is 7.60 Å². The van der Waals surface area contributed by atoms with E-state index in [4.69, 9.17) is 9.05 Å². The van der Waals surface area contributed by atoms with E-state index in [1.807, 2.05) is 30.3 Å². The average Bonchev–Trinajstić information content (AvgIpc) is 2.56. The predicted molar refractivity (Wildman–Crippen MR) is 91.4 cm³/mol. The molecule has 0 fully saturated rings. The van der Waals surface area contributed by atoms with Crippen molar-refractivity contribution in [2.24, 2.45) is 0 Å². The highest BCUT2D eigenvalue weighted by Gasteiger charge is 2.31. The summed E-state index contributed by atoms with van der Waals surface area (Å²) in [7, 11) is -3.79. The maximum absolute atomic E-state index is 14.2. The van der Waals surface area contributed by atoms with Crippen molar-refractivity contribution < 1.29 is 22.8 Å². The van der Waals surface area contributed by atoms with Crippen molar-refractivity contribution in [2.75, 3.05) is 13.2 Å². The maximum atomic E-state index is 14.2. The van der Waals surface area contributed by atoms with Gasteiger partial charge in [0, 0.05) is 12.0 Å². The second-order valence-corrected chi connectivity index (χ2v) is 7.08. The smallest absolute Gasteiger partial charge is 0.305 e. The largest absolute Gasteiger partial charge is 0.364 e. The van der Waals surface area contributed by atoms with Crippen LogP contribution in [0.4, 0.5) is 4.39 Å². The number of ketones is 1. The summed E-state index contributed by atoms with van der Waals surface area (Å²) in [6, 6.07) is 13.0. The lowest BCUT2D eigenvalue weighted by Gasteiger charge is -2.18. The summed E-state index contributed by atoms with van der Waals surface area (Å²) in [6.45, 7) is 3.51. The number of rotatable bonds is 8. The third-order valence-electron chi connectivity index (χ3n) is 3.37. The molecule has 128 valence electrons. The van der Waals surface area contributed by atoms with Crippen molar-refractivity contribution in [1.29, 1.82) is 0 Å². The number of carbonyl (C=O) groups excluding carboxylic acids is 1. The molecular weight excluding hydrogens is 330 g/mol. The predicted octanol–water partition coefficient (Wildman–Crippen LogP) is 4.14. The van der Waals surface area contributed by atoms with E-state index in [9.17, 15) is 13.8 Å². The van der Waals surface area contributed by atoms with Gasteiger partial charge in [0.05, 0.1) is 13.2 Å². The molecule has 0 saturated carbocycles. The van der Waals surface area contributed by atoms with Crippen molar-refractivity contribution in [3.8, 4) is 0 Å². The van der Waals surface area contributed by atoms with Crippen LogP contribution in [0, 0.1) is 5.82 Å². The Morgan fingerprint density at radius 3 is 2.25 bits per heavy atom. The number of Topliss-reactive ketones (excluding diaryl/α,β-unsaturated/α-hetero) is 1. The lowest BCUT2D eigenvalue weighted by atomic mass is 10.0. The fraction of sp³-hybridized carbons (Fsp3) is 0.278. The molecule has 0 amide bonds. The van der Waals surface area contributed by atoms with Crippen LogP contribution < -0.4 is 5.30 Å². The van der Waals surface area contributed by atoms with Gasteiger partial charge in [-0.2, -0.15) is 0 Å². The molecule has 4 nitrogen and oxygen atoms in total. The lowest BCUT2D eigenvalue weighted by Crippen LogP contribution is -2.17. The molecule has 2 aromatic carbocycles. The molecule has 0 aromatic heterocycles. The van der Waals surface area contributed by atoms with Crippen LogP contribution in [-0.4, -0.2) is 19.0 Å². The van der Waals surface area contributed by atoms with Crippen molar-refractivity contribution in [1.82, 2.24) is 0 Å². The Hall–Kier alpha value is -1.81. The summed E-state index contributed by atoms with van der Waals surface area (Å²) in [5.74, 6) is -0.904. The normalized spacial score (nSPS) is 11.5. The fourth-order valence-corrected chi connectivity index (χ4v) is 3.96. The molecule has 6 heteroatoms. The van der Waals surface area contributed by atoms with Gasteiger partial charge in [-0.05, 0) is 37.6 Å². The van der Waals surface area contributed by atoms with Crippen LogP contribution in [0.1, 0.15) is 29.8 Å². The van der Waals surface area contributed by atoms with E-state index in [1.165, 1.54) is 12.1 Å². The van der Waals surface area contributed by atoms with E-state index in [2.05, 4.69) is 0 Å². The van der Waals surface area contributed by atoms with Crippen molar-refractivity contribution >= 4 is 18.7 Å². The Labute approximate surface area is 141 Å². The summed E-state index contributed by atoms with van der Waals surface area (Å²) in [5.41, 5.74) is 1.13. The monoisotopic (exact) mass is 350 g/mol. The van der Waals surface area contributed by atoms with Gasteiger partial charge in [-0.15, -0.1) is 0 Å². The third-order valence-corrected chi connectivity index (χ3v) is 5.50. The molecule has 0 saturated heterocycles. The van der Waals surface area contributed by atoms with E-state index in [0.717, 1.165) is 11.6 Å². The number of carbonyl (C=O) groups is 1.